The molecule has 4 heteroatoms. The highest BCUT2D eigenvalue weighted by Crippen LogP contribution is 2.20. The highest BCUT2D eigenvalue weighted by molar-refractivity contribution is 6.31. The van der Waals surface area contributed by atoms with Gasteiger partial charge in [-0.2, -0.15) is 0 Å². The summed E-state index contributed by atoms with van der Waals surface area (Å²) < 4.78 is 26.3. The summed E-state index contributed by atoms with van der Waals surface area (Å²) in [6, 6.07) is 8.17. The fourth-order valence-corrected chi connectivity index (χ4v) is 1.94. The van der Waals surface area contributed by atoms with Gasteiger partial charge in [0.25, 0.3) is 0 Å². The maximum Gasteiger partial charge on any atom is 0.167 e. The van der Waals surface area contributed by atoms with Gasteiger partial charge in [0.05, 0.1) is 0 Å². The van der Waals surface area contributed by atoms with Crippen molar-refractivity contribution in [1.82, 2.24) is 0 Å². The fourth-order valence-electron chi connectivity index (χ4n) is 1.71. The monoisotopic (exact) mass is 280 g/mol. The number of ketones is 1. The minimum Gasteiger partial charge on any atom is -0.294 e. The molecule has 0 aliphatic rings. The molecule has 0 radical (unpaired) electrons. The van der Waals surface area contributed by atoms with Crippen LogP contribution < -0.4 is 0 Å². The van der Waals surface area contributed by atoms with E-state index < -0.39 is 11.6 Å². The number of Topliss-reactive ketones (excluding diaryl/α,β-unsaturated/α-hetero) is 1. The van der Waals surface area contributed by atoms with Crippen LogP contribution in [0.2, 0.25) is 5.02 Å². The van der Waals surface area contributed by atoms with E-state index in [0.29, 0.717) is 11.1 Å². The molecular weight excluding hydrogens is 270 g/mol. The summed E-state index contributed by atoms with van der Waals surface area (Å²) >= 11 is 5.85. The highest BCUT2D eigenvalue weighted by atomic mass is 35.5. The molecule has 1 nitrogen and oxygen atoms in total. The van der Waals surface area contributed by atoms with Crippen molar-refractivity contribution in [3.05, 3.63) is 69.7 Å². The Balaban J connectivity index is 2.23. The molecule has 0 heterocycles. The van der Waals surface area contributed by atoms with E-state index in [1.54, 1.807) is 19.1 Å². The van der Waals surface area contributed by atoms with Gasteiger partial charge in [0.1, 0.15) is 11.6 Å². The van der Waals surface area contributed by atoms with Crippen molar-refractivity contribution in [3.8, 4) is 0 Å². The van der Waals surface area contributed by atoms with Crippen LogP contribution >= 0.6 is 11.6 Å². The highest BCUT2D eigenvalue weighted by Gasteiger charge is 2.11. The van der Waals surface area contributed by atoms with Crippen LogP contribution in [0.3, 0.4) is 0 Å². The first-order chi connectivity index (χ1) is 8.97. The summed E-state index contributed by atoms with van der Waals surface area (Å²) in [7, 11) is 0. The third-order valence-electron chi connectivity index (χ3n) is 2.86. The third kappa shape index (κ3) is 3.18. The predicted molar refractivity (Wildman–Crippen MR) is 70.6 cm³/mol. The van der Waals surface area contributed by atoms with Gasteiger partial charge >= 0.3 is 0 Å². The Morgan fingerprint density at radius 3 is 2.53 bits per heavy atom. The molecule has 2 rings (SSSR count). The minimum absolute atomic E-state index is 0.0155. The van der Waals surface area contributed by atoms with Crippen LogP contribution in [0.5, 0.6) is 0 Å². The van der Waals surface area contributed by atoms with E-state index in [1.165, 1.54) is 18.2 Å². The third-order valence-corrected chi connectivity index (χ3v) is 3.21. The van der Waals surface area contributed by atoms with Gasteiger partial charge in [-0.3, -0.25) is 4.79 Å². The molecule has 0 amide bonds. The molecule has 0 unspecified atom stereocenters. The molecule has 2 aromatic carbocycles. The summed E-state index contributed by atoms with van der Waals surface area (Å²) in [5.74, 6) is -1.13. The van der Waals surface area contributed by atoms with Crippen molar-refractivity contribution in [1.29, 1.82) is 0 Å². The Morgan fingerprint density at radius 2 is 1.89 bits per heavy atom. The first kappa shape index (κ1) is 13.7. The quantitative estimate of drug-likeness (QED) is 0.764. The Kier molecular flexibility index (Phi) is 3.96. The van der Waals surface area contributed by atoms with Crippen LogP contribution in [0.1, 0.15) is 21.5 Å². The van der Waals surface area contributed by atoms with E-state index in [4.69, 9.17) is 11.6 Å². The first-order valence-corrected chi connectivity index (χ1v) is 6.08. The average molecular weight is 281 g/mol. The lowest BCUT2D eigenvalue weighted by Gasteiger charge is -2.05. The van der Waals surface area contributed by atoms with E-state index in [2.05, 4.69) is 0 Å². The van der Waals surface area contributed by atoms with Crippen molar-refractivity contribution < 1.29 is 13.6 Å². The number of benzene rings is 2. The molecule has 2 aromatic rings. The van der Waals surface area contributed by atoms with Crippen LogP contribution in [0, 0.1) is 18.6 Å². The summed E-state index contributed by atoms with van der Waals surface area (Å²) in [6.07, 6.45) is 0.0155. The zero-order chi connectivity index (χ0) is 14.0. The molecule has 98 valence electrons. The van der Waals surface area contributed by atoms with E-state index in [-0.39, 0.29) is 22.8 Å². The normalized spacial score (nSPS) is 10.5. The number of carbonyl (C=O) groups is 1. The number of hydrogen-bond acceptors (Lipinski definition) is 1. The first-order valence-electron chi connectivity index (χ1n) is 5.70. The zero-order valence-electron chi connectivity index (χ0n) is 10.2. The van der Waals surface area contributed by atoms with Gasteiger partial charge < -0.3 is 0 Å². The molecule has 0 saturated carbocycles. The second kappa shape index (κ2) is 5.49. The van der Waals surface area contributed by atoms with Gasteiger partial charge in [-0.15, -0.1) is 0 Å². The maximum absolute atomic E-state index is 13.4. The van der Waals surface area contributed by atoms with Gasteiger partial charge in [0.15, 0.2) is 5.78 Å². The molecule has 0 fully saturated rings. The molecule has 0 aliphatic carbocycles. The van der Waals surface area contributed by atoms with Gasteiger partial charge in [0, 0.05) is 17.0 Å². The van der Waals surface area contributed by atoms with Crippen molar-refractivity contribution in [2.24, 2.45) is 0 Å². The van der Waals surface area contributed by atoms with Gasteiger partial charge in [-0.25, -0.2) is 8.78 Å². The van der Waals surface area contributed by atoms with Crippen LogP contribution in [-0.2, 0) is 6.42 Å². The van der Waals surface area contributed by atoms with Gasteiger partial charge in [-0.1, -0.05) is 29.8 Å². The summed E-state index contributed by atoms with van der Waals surface area (Å²) in [4.78, 5) is 12.0. The molecule has 0 saturated heterocycles. The average Bonchev–Trinajstić information content (AvgIpc) is 2.36. The summed E-state index contributed by atoms with van der Waals surface area (Å²) in [6.45, 7) is 1.63. The van der Waals surface area contributed by atoms with E-state index >= 15 is 0 Å². The predicted octanol–water partition coefficient (Wildman–Crippen LogP) is 4.35. The minimum atomic E-state index is -0.456. The molecule has 0 aromatic heterocycles. The number of carbonyl (C=O) groups excluding carboxylic acids is 1. The van der Waals surface area contributed by atoms with Gasteiger partial charge in [-0.05, 0) is 36.2 Å². The van der Waals surface area contributed by atoms with Crippen LogP contribution in [-0.4, -0.2) is 5.78 Å². The SMILES string of the molecule is Cc1ccc(C(=O)Cc2ccc(F)cc2Cl)cc1F. The van der Waals surface area contributed by atoms with E-state index in [0.717, 1.165) is 6.07 Å². The number of aryl methyl sites for hydroxylation is 1. The summed E-state index contributed by atoms with van der Waals surface area (Å²) in [5, 5.41) is 0.195. The lowest BCUT2D eigenvalue weighted by molar-refractivity contribution is 0.0992. The topological polar surface area (TPSA) is 17.1 Å². The Morgan fingerprint density at radius 1 is 1.16 bits per heavy atom. The molecule has 19 heavy (non-hydrogen) atoms. The van der Waals surface area contributed by atoms with Crippen molar-refractivity contribution in [2.75, 3.05) is 0 Å². The Bertz CT molecular complexity index is 638. The lowest BCUT2D eigenvalue weighted by Crippen LogP contribution is -2.05. The van der Waals surface area contributed by atoms with E-state index in [1.807, 2.05) is 0 Å². The van der Waals surface area contributed by atoms with Crippen molar-refractivity contribution in [2.45, 2.75) is 13.3 Å². The Labute approximate surface area is 114 Å². The maximum atomic E-state index is 13.4. The zero-order valence-corrected chi connectivity index (χ0v) is 11.0. The summed E-state index contributed by atoms with van der Waals surface area (Å²) in [5.41, 5.74) is 1.29. The lowest BCUT2D eigenvalue weighted by atomic mass is 10.0. The van der Waals surface area contributed by atoms with Crippen molar-refractivity contribution >= 4 is 17.4 Å². The second-order valence-electron chi connectivity index (χ2n) is 4.30. The molecule has 0 bridgehead atoms. The largest absolute Gasteiger partial charge is 0.294 e. The van der Waals surface area contributed by atoms with Crippen molar-refractivity contribution in [3.63, 3.8) is 0 Å². The number of rotatable bonds is 3. The van der Waals surface area contributed by atoms with Crippen LogP contribution in [0.25, 0.3) is 0 Å². The molecular formula is C15H11ClF2O. The molecule has 0 spiro atoms. The smallest absolute Gasteiger partial charge is 0.167 e. The van der Waals surface area contributed by atoms with Gasteiger partial charge in [0.2, 0.25) is 0 Å². The van der Waals surface area contributed by atoms with E-state index in [9.17, 15) is 13.6 Å². The standard InChI is InChI=1S/C15H11ClF2O/c1-9-2-3-11(6-14(9)18)15(19)7-10-4-5-12(17)8-13(10)16/h2-6,8H,7H2,1H3. The number of halogens is 3. The second-order valence-corrected chi connectivity index (χ2v) is 4.71. The van der Waals surface area contributed by atoms with Crippen LogP contribution in [0.4, 0.5) is 8.78 Å². The molecule has 0 atom stereocenters. The van der Waals surface area contributed by atoms with Crippen LogP contribution in [0.15, 0.2) is 36.4 Å². The fraction of sp³-hybridized carbons (Fsp3) is 0.133. The molecule has 0 N–H and O–H groups in total. The number of hydrogen-bond donors (Lipinski definition) is 0. The molecule has 0 aliphatic heterocycles. The Hall–Kier alpha value is -1.74.